The molecule has 27 heavy (non-hydrogen) atoms. The minimum absolute atomic E-state index is 0.855. The van der Waals surface area contributed by atoms with Gasteiger partial charge in [-0.05, 0) is 54.7 Å². The van der Waals surface area contributed by atoms with Gasteiger partial charge in [0.2, 0.25) is 0 Å². The molecule has 1 fully saturated rings. The van der Waals surface area contributed by atoms with Crippen LogP contribution >= 0.6 is 0 Å². The summed E-state index contributed by atoms with van der Waals surface area (Å²) in [7, 11) is 0. The van der Waals surface area contributed by atoms with Gasteiger partial charge in [0.25, 0.3) is 0 Å². The summed E-state index contributed by atoms with van der Waals surface area (Å²) in [5.74, 6) is 2.80. The third-order valence-electron chi connectivity index (χ3n) is 6.28. The van der Waals surface area contributed by atoms with E-state index in [1.165, 1.54) is 73.6 Å². The highest BCUT2D eigenvalue weighted by Gasteiger charge is 2.20. The van der Waals surface area contributed by atoms with E-state index in [0.717, 1.165) is 30.5 Å². The summed E-state index contributed by atoms with van der Waals surface area (Å²) in [5, 5.41) is 0. The number of hydrogen-bond donors (Lipinski definition) is 0. The fraction of sp³-hybridized carbons (Fsp3) is 0.600. The van der Waals surface area contributed by atoms with Crippen molar-refractivity contribution in [2.45, 2.75) is 85.0 Å². The average molecular weight is 365 g/mol. The Morgan fingerprint density at radius 1 is 0.815 bits per heavy atom. The van der Waals surface area contributed by atoms with Crippen LogP contribution in [0.25, 0.3) is 11.4 Å². The lowest BCUT2D eigenvalue weighted by Gasteiger charge is -2.28. The monoisotopic (exact) mass is 364 g/mol. The van der Waals surface area contributed by atoms with E-state index in [0.29, 0.717) is 0 Å². The maximum Gasteiger partial charge on any atom is 0.159 e. The van der Waals surface area contributed by atoms with E-state index in [-0.39, 0.29) is 0 Å². The third kappa shape index (κ3) is 5.64. The minimum Gasteiger partial charge on any atom is -0.236 e. The number of aryl methyl sites for hydroxylation is 3. The van der Waals surface area contributed by atoms with Gasteiger partial charge in [-0.2, -0.15) is 0 Å². The molecule has 0 amide bonds. The van der Waals surface area contributed by atoms with E-state index in [9.17, 15) is 0 Å². The Morgan fingerprint density at radius 2 is 1.48 bits per heavy atom. The second-order valence-corrected chi connectivity index (χ2v) is 8.53. The lowest BCUT2D eigenvalue weighted by Crippen LogP contribution is -2.15. The Kier molecular flexibility index (Phi) is 7.43. The summed E-state index contributed by atoms with van der Waals surface area (Å²) >= 11 is 0. The van der Waals surface area contributed by atoms with Gasteiger partial charge >= 0.3 is 0 Å². The van der Waals surface area contributed by atoms with Crippen molar-refractivity contribution in [2.24, 2.45) is 11.8 Å². The zero-order valence-corrected chi connectivity index (χ0v) is 17.5. The molecule has 1 aromatic carbocycles. The van der Waals surface area contributed by atoms with Crippen LogP contribution in [0, 0.1) is 18.8 Å². The van der Waals surface area contributed by atoms with Gasteiger partial charge in [-0.1, -0.05) is 77.0 Å². The topological polar surface area (TPSA) is 25.8 Å². The van der Waals surface area contributed by atoms with Gasteiger partial charge in [0.1, 0.15) is 0 Å². The van der Waals surface area contributed by atoms with Gasteiger partial charge in [-0.15, -0.1) is 0 Å². The molecule has 1 heterocycles. The zero-order chi connectivity index (χ0) is 19.1. The molecule has 1 aromatic heterocycles. The van der Waals surface area contributed by atoms with Gasteiger partial charge in [0.15, 0.2) is 5.82 Å². The minimum atomic E-state index is 0.855. The maximum atomic E-state index is 4.59. The first-order valence-corrected chi connectivity index (χ1v) is 11.1. The molecule has 146 valence electrons. The molecule has 0 aliphatic heterocycles. The zero-order valence-electron chi connectivity index (χ0n) is 17.5. The normalized spacial score (nSPS) is 20.0. The number of rotatable bonds is 8. The second kappa shape index (κ2) is 10.0. The van der Waals surface area contributed by atoms with Gasteiger partial charge in [-0.25, -0.2) is 9.97 Å². The van der Waals surface area contributed by atoms with Crippen molar-refractivity contribution in [1.82, 2.24) is 9.97 Å². The molecule has 0 spiro atoms. The smallest absolute Gasteiger partial charge is 0.159 e. The highest BCUT2D eigenvalue weighted by molar-refractivity contribution is 5.60. The van der Waals surface area contributed by atoms with Crippen molar-refractivity contribution in [1.29, 1.82) is 0 Å². The van der Waals surface area contributed by atoms with Crippen LogP contribution in [0.5, 0.6) is 0 Å². The summed E-state index contributed by atoms with van der Waals surface area (Å²) in [6, 6.07) is 6.85. The highest BCUT2D eigenvalue weighted by Crippen LogP contribution is 2.34. The molecule has 2 heteroatoms. The van der Waals surface area contributed by atoms with Crippen LogP contribution in [0.15, 0.2) is 30.6 Å². The fourth-order valence-corrected chi connectivity index (χ4v) is 4.63. The first-order valence-electron chi connectivity index (χ1n) is 11.1. The number of benzene rings is 1. The van der Waals surface area contributed by atoms with E-state index in [2.05, 4.69) is 48.9 Å². The SMILES string of the molecule is CCCc1cnc(-c2ccc(CC[C@H]3CC[C@H](CCC)CC3)cc2C)nc1. The molecule has 0 saturated heterocycles. The summed E-state index contributed by atoms with van der Waals surface area (Å²) in [5.41, 5.74) is 5.16. The molecule has 0 radical (unpaired) electrons. The molecular formula is C25H36N2. The van der Waals surface area contributed by atoms with Crippen molar-refractivity contribution < 1.29 is 0 Å². The van der Waals surface area contributed by atoms with Crippen LogP contribution in [0.3, 0.4) is 0 Å². The van der Waals surface area contributed by atoms with Gasteiger partial charge < -0.3 is 0 Å². The Morgan fingerprint density at radius 3 is 2.07 bits per heavy atom. The standard InChI is InChI=1S/C25H36N2/c1-4-6-20-8-10-21(11-9-20)12-13-22-14-15-24(19(3)16-22)25-26-17-23(7-5-2)18-27-25/h14-18,20-21H,4-13H2,1-3H3/t20-,21-. The van der Waals surface area contributed by atoms with Crippen molar-refractivity contribution in [3.63, 3.8) is 0 Å². The number of hydrogen-bond acceptors (Lipinski definition) is 2. The molecule has 1 aliphatic rings. The second-order valence-electron chi connectivity index (χ2n) is 8.53. The molecule has 2 nitrogen and oxygen atoms in total. The van der Waals surface area contributed by atoms with E-state index < -0.39 is 0 Å². The number of aromatic nitrogens is 2. The lowest BCUT2D eigenvalue weighted by atomic mass is 9.78. The highest BCUT2D eigenvalue weighted by atomic mass is 14.9. The molecule has 2 aromatic rings. The predicted molar refractivity (Wildman–Crippen MR) is 115 cm³/mol. The van der Waals surface area contributed by atoms with E-state index in [1.54, 1.807) is 0 Å². The summed E-state index contributed by atoms with van der Waals surface area (Å²) in [6.45, 7) is 6.70. The van der Waals surface area contributed by atoms with Crippen molar-refractivity contribution in [3.8, 4) is 11.4 Å². The summed E-state index contributed by atoms with van der Waals surface area (Å²) < 4.78 is 0. The van der Waals surface area contributed by atoms with Gasteiger partial charge in [0, 0.05) is 18.0 Å². The van der Waals surface area contributed by atoms with E-state index >= 15 is 0 Å². The molecule has 3 rings (SSSR count). The summed E-state index contributed by atoms with van der Waals surface area (Å²) in [4.78, 5) is 9.18. The van der Waals surface area contributed by atoms with Crippen molar-refractivity contribution >= 4 is 0 Å². The molecular weight excluding hydrogens is 328 g/mol. The first-order chi connectivity index (χ1) is 13.2. The Labute approximate surface area is 165 Å². The maximum absolute atomic E-state index is 4.59. The fourth-order valence-electron chi connectivity index (χ4n) is 4.63. The van der Waals surface area contributed by atoms with E-state index in [4.69, 9.17) is 0 Å². The average Bonchev–Trinajstić information content (AvgIpc) is 2.69. The van der Waals surface area contributed by atoms with Crippen LogP contribution in [0.1, 0.15) is 81.9 Å². The van der Waals surface area contributed by atoms with Gasteiger partial charge in [0.05, 0.1) is 0 Å². The molecule has 1 aliphatic carbocycles. The first kappa shape index (κ1) is 20.0. The lowest BCUT2D eigenvalue weighted by molar-refractivity contribution is 0.252. The Bertz CT molecular complexity index is 697. The number of nitrogens with zero attached hydrogens (tertiary/aromatic N) is 2. The van der Waals surface area contributed by atoms with Crippen LogP contribution in [-0.2, 0) is 12.8 Å². The quantitative estimate of drug-likeness (QED) is 0.507. The molecule has 0 atom stereocenters. The van der Waals surface area contributed by atoms with Crippen LogP contribution < -0.4 is 0 Å². The molecule has 0 N–H and O–H groups in total. The third-order valence-corrected chi connectivity index (χ3v) is 6.28. The molecule has 1 saturated carbocycles. The predicted octanol–water partition coefficient (Wildman–Crippen LogP) is 6.94. The Hall–Kier alpha value is -1.70. The van der Waals surface area contributed by atoms with E-state index in [1.807, 2.05) is 12.4 Å². The largest absolute Gasteiger partial charge is 0.236 e. The van der Waals surface area contributed by atoms with Crippen molar-refractivity contribution in [2.75, 3.05) is 0 Å². The van der Waals surface area contributed by atoms with Crippen LogP contribution in [0.4, 0.5) is 0 Å². The van der Waals surface area contributed by atoms with Gasteiger partial charge in [-0.3, -0.25) is 0 Å². The summed E-state index contributed by atoms with van der Waals surface area (Å²) in [6.07, 6.45) is 17.3. The Balaban J connectivity index is 1.55. The van der Waals surface area contributed by atoms with Crippen LogP contribution in [-0.4, -0.2) is 9.97 Å². The van der Waals surface area contributed by atoms with Crippen molar-refractivity contribution in [3.05, 3.63) is 47.3 Å². The molecule has 0 bridgehead atoms. The molecule has 0 unspecified atom stereocenters. The van der Waals surface area contributed by atoms with Crippen LogP contribution in [0.2, 0.25) is 0 Å².